The van der Waals surface area contributed by atoms with Crippen molar-refractivity contribution in [2.45, 2.75) is 88.6 Å². The third kappa shape index (κ3) is 14.0. The van der Waals surface area contributed by atoms with Crippen molar-refractivity contribution >= 4 is 17.1 Å². The molecule has 0 unspecified atom stereocenters. The van der Waals surface area contributed by atoms with E-state index in [9.17, 15) is 0 Å². The number of anilines is 3. The van der Waals surface area contributed by atoms with Crippen molar-refractivity contribution in [3.8, 4) is 0 Å². The second-order valence-electron chi connectivity index (χ2n) is 22.5. The van der Waals surface area contributed by atoms with Gasteiger partial charge in [0.15, 0.2) is 0 Å². The van der Waals surface area contributed by atoms with Gasteiger partial charge in [-0.3, -0.25) is 19.6 Å². The summed E-state index contributed by atoms with van der Waals surface area (Å²) < 4.78 is 0. The number of benzene rings is 9. The molecule has 6 nitrogen and oxygen atoms in total. The first-order valence-corrected chi connectivity index (χ1v) is 29.2. The summed E-state index contributed by atoms with van der Waals surface area (Å²) in [5, 5.41) is 0. The van der Waals surface area contributed by atoms with Crippen LogP contribution in [-0.4, -0.2) is 60.7 Å². The van der Waals surface area contributed by atoms with E-state index in [1.807, 2.05) is 0 Å². The molecule has 3 aliphatic heterocycles. The average Bonchev–Trinajstić information content (AvgIpc) is 4.27. The summed E-state index contributed by atoms with van der Waals surface area (Å²) >= 11 is 0. The lowest BCUT2D eigenvalue weighted by molar-refractivity contribution is 0.119. The molecule has 6 atom stereocenters. The van der Waals surface area contributed by atoms with E-state index < -0.39 is 0 Å². The lowest BCUT2D eigenvalue weighted by atomic mass is 10.0. The molecule has 0 N–H and O–H groups in total. The zero-order valence-electron chi connectivity index (χ0n) is 47.8. The molecule has 0 aliphatic carbocycles. The standard InChI is InChI=1S/C31H32N2.C24H26N2.C19H24N2/c1-24-13-17-28(18-14-24)32(29-19-15-25(2)16-20-29)23-33-30(26-9-5-3-6-10-26)21-22-31(33)27-11-7-4-8-12-27;1-25(22-15-9-4-10-16-22)19-26-23(20-11-5-2-6-12-20)17-18-24(26)21-13-7-3-8-14-21;1-20(2)15-21-18(16-9-5-3-6-10-16)13-14-19(21)17-11-7-4-8-12-17/h3-20,30-31H,21-23H2,1-2H3;2-16,23-24H,17-19H2,1H3;3-12,18-19H,13-15H2,1-2H3/t30-,31-;23-,24-;18-,19-/m111/s1. The highest BCUT2D eigenvalue weighted by atomic mass is 15.4. The van der Waals surface area contributed by atoms with E-state index in [1.54, 1.807) is 0 Å². The second-order valence-corrected chi connectivity index (χ2v) is 22.5. The highest BCUT2D eigenvalue weighted by Gasteiger charge is 2.38. The highest BCUT2D eigenvalue weighted by Crippen LogP contribution is 2.47. The van der Waals surface area contributed by atoms with Crippen molar-refractivity contribution in [2.24, 2.45) is 0 Å². The molecule has 12 rings (SSSR count). The van der Waals surface area contributed by atoms with E-state index >= 15 is 0 Å². The zero-order valence-corrected chi connectivity index (χ0v) is 47.8. The molecule has 3 fully saturated rings. The van der Waals surface area contributed by atoms with Gasteiger partial charge in [-0.1, -0.05) is 236 Å². The summed E-state index contributed by atoms with van der Waals surface area (Å²) in [5.74, 6) is 0. The minimum absolute atomic E-state index is 0.398. The fourth-order valence-corrected chi connectivity index (χ4v) is 12.6. The second kappa shape index (κ2) is 27.5. The zero-order chi connectivity index (χ0) is 55.0. The Labute approximate surface area is 479 Å². The maximum Gasteiger partial charge on any atom is 0.0766 e. The molecule has 0 aromatic heterocycles. The summed E-state index contributed by atoms with van der Waals surface area (Å²) in [6.07, 6.45) is 7.20. The molecule has 0 bridgehead atoms. The predicted molar refractivity (Wildman–Crippen MR) is 336 cm³/mol. The van der Waals surface area contributed by atoms with E-state index in [2.05, 4.69) is 325 Å². The first-order valence-electron chi connectivity index (χ1n) is 29.2. The molecule has 3 heterocycles. The summed E-state index contributed by atoms with van der Waals surface area (Å²) in [7, 11) is 6.50. The highest BCUT2D eigenvalue weighted by molar-refractivity contribution is 5.64. The van der Waals surface area contributed by atoms with Gasteiger partial charge in [-0.2, -0.15) is 0 Å². The molecular formula is C74H82N6. The number of rotatable bonds is 15. The van der Waals surface area contributed by atoms with Crippen LogP contribution in [-0.2, 0) is 0 Å². The van der Waals surface area contributed by atoms with E-state index in [0.717, 1.165) is 20.0 Å². The van der Waals surface area contributed by atoms with Crippen molar-refractivity contribution in [1.82, 2.24) is 19.6 Å². The SMILES string of the molecule is CN(C)CN1[C@@H](c2ccccc2)CC[C@@H]1c1ccccc1.CN(CN1[C@@H](c2ccccc2)CC[C@@H]1c1ccccc1)c1ccccc1.Cc1ccc(N(CN2[C@@H](c3ccccc3)CC[C@@H]2c2ccccc2)c2ccc(C)cc2)cc1. The quantitative estimate of drug-likeness (QED) is 0.101. The van der Waals surface area contributed by atoms with Crippen LogP contribution in [0, 0.1) is 13.8 Å². The van der Waals surface area contributed by atoms with Gasteiger partial charge in [0, 0.05) is 60.4 Å². The Morgan fingerprint density at radius 2 is 0.512 bits per heavy atom. The molecule has 408 valence electrons. The summed E-state index contributed by atoms with van der Waals surface area (Å²) in [5.41, 5.74) is 14.8. The first kappa shape index (κ1) is 55.7. The maximum atomic E-state index is 2.70. The third-order valence-electron chi connectivity index (χ3n) is 16.7. The topological polar surface area (TPSA) is 19.4 Å². The molecule has 3 saturated heterocycles. The Kier molecular flexibility index (Phi) is 19.2. The molecule has 6 heteroatoms. The van der Waals surface area contributed by atoms with Crippen LogP contribution in [0.3, 0.4) is 0 Å². The van der Waals surface area contributed by atoms with E-state index in [4.69, 9.17) is 0 Å². The number of para-hydroxylation sites is 1. The summed E-state index contributed by atoms with van der Waals surface area (Å²) in [4.78, 5) is 15.1. The molecule has 0 radical (unpaired) electrons. The smallest absolute Gasteiger partial charge is 0.0766 e. The number of nitrogens with zero attached hydrogens (tertiary/aromatic N) is 6. The average molecular weight is 1060 g/mol. The number of likely N-dealkylation sites (tertiary alicyclic amines) is 3. The van der Waals surface area contributed by atoms with Crippen molar-refractivity contribution in [3.63, 3.8) is 0 Å². The Morgan fingerprint density at radius 1 is 0.275 bits per heavy atom. The fraction of sp³-hybridized carbons (Fsp3) is 0.270. The van der Waals surface area contributed by atoms with Crippen molar-refractivity contribution in [1.29, 1.82) is 0 Å². The molecule has 9 aromatic carbocycles. The van der Waals surface area contributed by atoms with Crippen molar-refractivity contribution in [3.05, 3.63) is 305 Å². The molecule has 9 aromatic rings. The van der Waals surface area contributed by atoms with Crippen LogP contribution in [0.1, 0.15) is 119 Å². The van der Waals surface area contributed by atoms with Crippen molar-refractivity contribution in [2.75, 3.05) is 50.9 Å². The molecule has 0 amide bonds. The fourth-order valence-electron chi connectivity index (χ4n) is 12.6. The van der Waals surface area contributed by atoms with E-state index in [0.29, 0.717) is 36.3 Å². The summed E-state index contributed by atoms with van der Waals surface area (Å²) in [6, 6.07) is 97.1. The van der Waals surface area contributed by atoms with Gasteiger partial charge in [0.25, 0.3) is 0 Å². The van der Waals surface area contributed by atoms with Gasteiger partial charge < -0.3 is 9.80 Å². The van der Waals surface area contributed by atoms with Gasteiger partial charge in [0.05, 0.1) is 20.0 Å². The molecule has 3 aliphatic rings. The van der Waals surface area contributed by atoms with Crippen LogP contribution < -0.4 is 9.80 Å². The molecule has 0 saturated carbocycles. The van der Waals surface area contributed by atoms with E-state index in [1.165, 1.54) is 100 Å². The number of hydrogen-bond donors (Lipinski definition) is 0. The van der Waals surface area contributed by atoms with Gasteiger partial charge in [-0.25, -0.2) is 0 Å². The minimum Gasteiger partial charge on any atom is -0.362 e. The van der Waals surface area contributed by atoms with Gasteiger partial charge in [-0.15, -0.1) is 0 Å². The normalized spacial score (nSPS) is 20.1. The van der Waals surface area contributed by atoms with Crippen LogP contribution in [0.25, 0.3) is 0 Å². The van der Waals surface area contributed by atoms with Gasteiger partial charge in [-0.05, 0) is 136 Å². The molecule has 80 heavy (non-hydrogen) atoms. The molecular weight excluding hydrogens is 973 g/mol. The van der Waals surface area contributed by atoms with Crippen molar-refractivity contribution < 1.29 is 0 Å². The Hall–Kier alpha value is -7.58. The Morgan fingerprint density at radius 3 is 0.775 bits per heavy atom. The van der Waals surface area contributed by atoms with Crippen LogP contribution in [0.4, 0.5) is 17.1 Å². The first-order chi connectivity index (χ1) is 39.3. The lowest BCUT2D eigenvalue weighted by Gasteiger charge is -2.37. The van der Waals surface area contributed by atoms with Crippen LogP contribution >= 0.6 is 0 Å². The van der Waals surface area contributed by atoms with E-state index in [-0.39, 0.29) is 0 Å². The summed E-state index contributed by atoms with van der Waals surface area (Å²) in [6.45, 7) is 7.06. The van der Waals surface area contributed by atoms with Crippen LogP contribution in [0.5, 0.6) is 0 Å². The Balaban J connectivity index is 0.000000139. The number of hydrogen-bond acceptors (Lipinski definition) is 6. The van der Waals surface area contributed by atoms with Crippen LogP contribution in [0.15, 0.2) is 261 Å². The minimum atomic E-state index is 0.398. The van der Waals surface area contributed by atoms with Gasteiger partial charge in [0.2, 0.25) is 0 Å². The lowest BCUT2D eigenvalue weighted by Crippen LogP contribution is -2.37. The third-order valence-corrected chi connectivity index (χ3v) is 16.7. The van der Waals surface area contributed by atoms with Crippen LogP contribution in [0.2, 0.25) is 0 Å². The number of aryl methyl sites for hydroxylation is 2. The predicted octanol–water partition coefficient (Wildman–Crippen LogP) is 17.7. The van der Waals surface area contributed by atoms with Gasteiger partial charge >= 0.3 is 0 Å². The largest absolute Gasteiger partial charge is 0.362 e. The Bertz CT molecular complexity index is 2990. The monoisotopic (exact) mass is 1050 g/mol. The molecule has 0 spiro atoms. The maximum absolute atomic E-state index is 2.70. The van der Waals surface area contributed by atoms with Gasteiger partial charge in [0.1, 0.15) is 0 Å².